The highest BCUT2D eigenvalue weighted by Gasteiger charge is 2.20. The van der Waals surface area contributed by atoms with E-state index in [2.05, 4.69) is 15.9 Å². The molecule has 0 bridgehead atoms. The number of likely N-dealkylation sites (tertiary alicyclic amines) is 1. The number of carbonyl (C=O) groups excluding carboxylic acids is 1. The van der Waals surface area contributed by atoms with Crippen LogP contribution in [0, 0.1) is 11.3 Å². The van der Waals surface area contributed by atoms with E-state index in [-0.39, 0.29) is 23.0 Å². The predicted molar refractivity (Wildman–Crippen MR) is 86.4 cm³/mol. The number of carbonyl (C=O) groups is 1. The van der Waals surface area contributed by atoms with Crippen LogP contribution in [0.25, 0.3) is 6.08 Å². The minimum Gasteiger partial charge on any atom is -0.503 e. The molecule has 0 saturated carbocycles. The fourth-order valence-electron chi connectivity index (χ4n) is 2.41. The minimum atomic E-state index is -0.245. The Morgan fingerprint density at radius 3 is 2.68 bits per heavy atom. The lowest BCUT2D eigenvalue weighted by Crippen LogP contribution is -2.36. The number of ether oxygens (including phenoxy) is 1. The summed E-state index contributed by atoms with van der Waals surface area (Å²) in [5.74, 6) is 0.0224. The Morgan fingerprint density at radius 2 is 2.09 bits per heavy atom. The maximum absolute atomic E-state index is 12.4. The summed E-state index contributed by atoms with van der Waals surface area (Å²) in [4.78, 5) is 14.1. The molecule has 116 valence electrons. The maximum atomic E-state index is 12.4. The van der Waals surface area contributed by atoms with Crippen molar-refractivity contribution < 1.29 is 14.6 Å². The number of hydrogen-bond donors (Lipinski definition) is 1. The number of hydrogen-bond acceptors (Lipinski definition) is 4. The van der Waals surface area contributed by atoms with E-state index in [4.69, 9.17) is 4.74 Å². The summed E-state index contributed by atoms with van der Waals surface area (Å²) in [6.45, 7) is 1.39. The second kappa shape index (κ2) is 7.32. The van der Waals surface area contributed by atoms with Crippen LogP contribution >= 0.6 is 15.9 Å². The van der Waals surface area contributed by atoms with Gasteiger partial charge in [-0.05, 0) is 59.0 Å². The summed E-state index contributed by atoms with van der Waals surface area (Å²) in [6, 6.07) is 5.19. The SMILES string of the molecule is COc1cc(C=C(C#N)C(=O)N2CCCCC2)cc(Br)c1O. The molecule has 1 fully saturated rings. The average Bonchev–Trinajstić information content (AvgIpc) is 2.55. The summed E-state index contributed by atoms with van der Waals surface area (Å²) in [6.07, 6.45) is 4.59. The molecule has 6 heteroatoms. The molecule has 0 radical (unpaired) electrons. The van der Waals surface area contributed by atoms with Gasteiger partial charge in [0.2, 0.25) is 0 Å². The predicted octanol–water partition coefficient (Wildman–Crippen LogP) is 3.08. The van der Waals surface area contributed by atoms with Crippen molar-refractivity contribution in [3.05, 3.63) is 27.7 Å². The van der Waals surface area contributed by atoms with Gasteiger partial charge in [-0.25, -0.2) is 0 Å². The topological polar surface area (TPSA) is 73.6 Å². The lowest BCUT2D eigenvalue weighted by atomic mass is 10.1. The number of methoxy groups -OCH3 is 1. The first-order valence-corrected chi connectivity index (χ1v) is 7.83. The van der Waals surface area contributed by atoms with Gasteiger partial charge in [-0.3, -0.25) is 4.79 Å². The van der Waals surface area contributed by atoms with E-state index in [1.54, 1.807) is 17.0 Å². The highest BCUT2D eigenvalue weighted by molar-refractivity contribution is 9.10. The van der Waals surface area contributed by atoms with Crippen molar-refractivity contribution in [2.75, 3.05) is 20.2 Å². The number of rotatable bonds is 3. The zero-order valence-corrected chi connectivity index (χ0v) is 13.9. The van der Waals surface area contributed by atoms with Gasteiger partial charge in [0.05, 0.1) is 11.6 Å². The number of halogens is 1. The number of nitriles is 1. The van der Waals surface area contributed by atoms with Crippen LogP contribution in [0.15, 0.2) is 22.2 Å². The Kier molecular flexibility index (Phi) is 5.45. The molecule has 0 atom stereocenters. The summed E-state index contributed by atoms with van der Waals surface area (Å²) in [7, 11) is 1.44. The second-order valence-electron chi connectivity index (χ2n) is 5.08. The smallest absolute Gasteiger partial charge is 0.264 e. The summed E-state index contributed by atoms with van der Waals surface area (Å²) >= 11 is 3.23. The standard InChI is InChI=1S/C16H17BrN2O3/c1-22-14-9-11(8-13(17)15(14)20)7-12(10-18)16(21)19-5-3-2-4-6-19/h7-9,20H,2-6H2,1H3. The largest absolute Gasteiger partial charge is 0.503 e. The zero-order chi connectivity index (χ0) is 16.1. The fraction of sp³-hybridized carbons (Fsp3) is 0.375. The lowest BCUT2D eigenvalue weighted by molar-refractivity contribution is -0.127. The van der Waals surface area contributed by atoms with Crippen molar-refractivity contribution in [3.8, 4) is 17.6 Å². The quantitative estimate of drug-likeness (QED) is 0.660. The van der Waals surface area contributed by atoms with Crippen molar-refractivity contribution in [1.82, 2.24) is 4.90 Å². The second-order valence-corrected chi connectivity index (χ2v) is 5.93. The molecule has 1 aliphatic rings. The Bertz CT molecular complexity index is 644. The van der Waals surface area contributed by atoms with Crippen LogP contribution < -0.4 is 4.74 Å². The molecule has 0 spiro atoms. The van der Waals surface area contributed by atoms with Crippen molar-refractivity contribution in [3.63, 3.8) is 0 Å². The lowest BCUT2D eigenvalue weighted by Gasteiger charge is -2.26. The van der Waals surface area contributed by atoms with Crippen molar-refractivity contribution in [2.45, 2.75) is 19.3 Å². The first-order valence-electron chi connectivity index (χ1n) is 7.04. The first-order chi connectivity index (χ1) is 10.6. The molecule has 22 heavy (non-hydrogen) atoms. The Balaban J connectivity index is 2.30. The van der Waals surface area contributed by atoms with E-state index in [1.165, 1.54) is 13.2 Å². The number of amides is 1. The van der Waals surface area contributed by atoms with Gasteiger partial charge in [0, 0.05) is 13.1 Å². The highest BCUT2D eigenvalue weighted by atomic mass is 79.9. The fourth-order valence-corrected chi connectivity index (χ4v) is 2.87. The van der Waals surface area contributed by atoms with Gasteiger partial charge >= 0.3 is 0 Å². The van der Waals surface area contributed by atoms with Gasteiger partial charge in [-0.2, -0.15) is 5.26 Å². The number of benzene rings is 1. The van der Waals surface area contributed by atoms with Crippen LogP contribution in [0.1, 0.15) is 24.8 Å². The van der Waals surface area contributed by atoms with Crippen LogP contribution in [-0.4, -0.2) is 36.1 Å². The monoisotopic (exact) mass is 364 g/mol. The molecule has 1 aromatic carbocycles. The van der Waals surface area contributed by atoms with Crippen LogP contribution in [0.4, 0.5) is 0 Å². The van der Waals surface area contributed by atoms with Gasteiger partial charge in [0.1, 0.15) is 11.6 Å². The molecule has 0 unspecified atom stereocenters. The van der Waals surface area contributed by atoms with E-state index in [9.17, 15) is 15.2 Å². The first kappa shape index (κ1) is 16.4. The molecule has 1 amide bonds. The summed E-state index contributed by atoms with van der Waals surface area (Å²) in [5, 5.41) is 19.1. The highest BCUT2D eigenvalue weighted by Crippen LogP contribution is 2.35. The van der Waals surface area contributed by atoms with Gasteiger partial charge < -0.3 is 14.7 Å². The van der Waals surface area contributed by atoms with E-state index < -0.39 is 0 Å². The molecule has 1 aromatic rings. The summed E-state index contributed by atoms with van der Waals surface area (Å²) < 4.78 is 5.52. The van der Waals surface area contributed by atoms with Crippen LogP contribution in [0.3, 0.4) is 0 Å². The Morgan fingerprint density at radius 1 is 1.41 bits per heavy atom. The molecule has 1 aliphatic heterocycles. The number of piperidine rings is 1. The molecule has 2 rings (SSSR count). The van der Waals surface area contributed by atoms with E-state index >= 15 is 0 Å². The molecular formula is C16H17BrN2O3. The average molecular weight is 365 g/mol. The molecule has 5 nitrogen and oxygen atoms in total. The minimum absolute atomic E-state index is 0.0134. The van der Waals surface area contributed by atoms with Gasteiger partial charge in [0.15, 0.2) is 11.5 Å². The number of phenolic OH excluding ortho intramolecular Hbond substituents is 1. The molecule has 1 heterocycles. The number of aromatic hydroxyl groups is 1. The third-order valence-electron chi connectivity index (χ3n) is 3.58. The number of phenols is 1. The maximum Gasteiger partial charge on any atom is 0.264 e. The van der Waals surface area contributed by atoms with Crippen LogP contribution in [0.2, 0.25) is 0 Å². The third kappa shape index (κ3) is 3.60. The van der Waals surface area contributed by atoms with E-state index in [0.717, 1.165) is 19.3 Å². The van der Waals surface area contributed by atoms with Crippen molar-refractivity contribution in [2.24, 2.45) is 0 Å². The van der Waals surface area contributed by atoms with Gasteiger partial charge in [-0.1, -0.05) is 0 Å². The van der Waals surface area contributed by atoms with Crippen molar-refractivity contribution in [1.29, 1.82) is 5.26 Å². The Labute approximate surface area is 137 Å². The molecule has 0 aliphatic carbocycles. The molecule has 1 saturated heterocycles. The van der Waals surface area contributed by atoms with Crippen molar-refractivity contribution >= 4 is 27.9 Å². The third-order valence-corrected chi connectivity index (χ3v) is 4.18. The Hall–Kier alpha value is -2.00. The van der Waals surface area contributed by atoms with Gasteiger partial charge in [0.25, 0.3) is 5.91 Å². The van der Waals surface area contributed by atoms with E-state index in [1.807, 2.05) is 6.07 Å². The van der Waals surface area contributed by atoms with Gasteiger partial charge in [-0.15, -0.1) is 0 Å². The molecule has 1 N–H and O–H groups in total. The zero-order valence-electron chi connectivity index (χ0n) is 12.3. The summed E-state index contributed by atoms with van der Waals surface area (Å²) in [5.41, 5.74) is 0.699. The van der Waals surface area contributed by atoms with Crippen LogP contribution in [-0.2, 0) is 4.79 Å². The van der Waals surface area contributed by atoms with Crippen LogP contribution in [0.5, 0.6) is 11.5 Å². The molecule has 0 aromatic heterocycles. The normalized spacial score (nSPS) is 15.3. The molecular weight excluding hydrogens is 348 g/mol. The number of nitrogens with zero attached hydrogens (tertiary/aromatic N) is 2. The van der Waals surface area contributed by atoms with E-state index in [0.29, 0.717) is 23.1 Å².